The number of nitrogens with zero attached hydrogens (tertiary/aromatic N) is 3. The van der Waals surface area contributed by atoms with Crippen molar-refractivity contribution < 1.29 is 0 Å². The van der Waals surface area contributed by atoms with Gasteiger partial charge in [0.25, 0.3) is 5.56 Å². The molecule has 0 unspecified atom stereocenters. The molecule has 2 heterocycles. The van der Waals surface area contributed by atoms with Crippen molar-refractivity contribution in [3.63, 3.8) is 0 Å². The van der Waals surface area contributed by atoms with Crippen LogP contribution >= 0.6 is 11.6 Å². The lowest BCUT2D eigenvalue weighted by molar-refractivity contribution is 0.743. The van der Waals surface area contributed by atoms with Crippen molar-refractivity contribution in [1.29, 1.82) is 0 Å². The van der Waals surface area contributed by atoms with E-state index in [1.54, 1.807) is 21.5 Å². The first-order valence-electron chi connectivity index (χ1n) is 8.01. The number of benzene rings is 2. The van der Waals surface area contributed by atoms with Gasteiger partial charge in [0.15, 0.2) is 0 Å². The molecule has 124 valence electrons. The number of hydrogen-bond acceptors (Lipinski definition) is 2. The molecule has 0 amide bonds. The molecular formula is C20H16ClN3O. The summed E-state index contributed by atoms with van der Waals surface area (Å²) in [7, 11) is 0. The Morgan fingerprint density at radius 1 is 1.04 bits per heavy atom. The molecule has 0 aliphatic heterocycles. The SMILES string of the molecule is Cc1ccc(-c2cc3c(=O)n(Cc4ccccc4Cl)ccn3n2)cc1. The van der Waals surface area contributed by atoms with Gasteiger partial charge in [0.1, 0.15) is 5.52 Å². The van der Waals surface area contributed by atoms with E-state index in [4.69, 9.17) is 11.6 Å². The van der Waals surface area contributed by atoms with Crippen LogP contribution in [0.4, 0.5) is 0 Å². The number of aryl methyl sites for hydroxylation is 1. The monoisotopic (exact) mass is 349 g/mol. The second-order valence-corrected chi connectivity index (χ2v) is 6.46. The molecule has 4 rings (SSSR count). The van der Waals surface area contributed by atoms with Crippen molar-refractivity contribution in [2.45, 2.75) is 13.5 Å². The summed E-state index contributed by atoms with van der Waals surface area (Å²) < 4.78 is 3.28. The van der Waals surface area contributed by atoms with Crippen molar-refractivity contribution in [2.24, 2.45) is 0 Å². The molecule has 0 saturated heterocycles. The minimum atomic E-state index is -0.0896. The van der Waals surface area contributed by atoms with Crippen LogP contribution in [-0.2, 0) is 6.54 Å². The fraction of sp³-hybridized carbons (Fsp3) is 0.100. The summed E-state index contributed by atoms with van der Waals surface area (Å²) in [6.07, 6.45) is 3.54. The molecule has 2 aromatic carbocycles. The number of hydrogen-bond donors (Lipinski definition) is 0. The summed E-state index contributed by atoms with van der Waals surface area (Å²) in [5, 5.41) is 5.17. The van der Waals surface area contributed by atoms with Gasteiger partial charge in [0, 0.05) is 23.0 Å². The van der Waals surface area contributed by atoms with E-state index < -0.39 is 0 Å². The minimum Gasteiger partial charge on any atom is -0.308 e. The van der Waals surface area contributed by atoms with Gasteiger partial charge in [-0.1, -0.05) is 59.6 Å². The van der Waals surface area contributed by atoms with Gasteiger partial charge >= 0.3 is 0 Å². The second-order valence-electron chi connectivity index (χ2n) is 6.05. The molecule has 0 saturated carbocycles. The summed E-state index contributed by atoms with van der Waals surface area (Å²) in [4.78, 5) is 12.8. The van der Waals surface area contributed by atoms with E-state index in [1.807, 2.05) is 61.5 Å². The summed E-state index contributed by atoms with van der Waals surface area (Å²) in [5.74, 6) is 0. The van der Waals surface area contributed by atoms with Crippen molar-refractivity contribution in [3.8, 4) is 11.3 Å². The van der Waals surface area contributed by atoms with Gasteiger partial charge in [-0.25, -0.2) is 4.52 Å². The molecule has 25 heavy (non-hydrogen) atoms. The van der Waals surface area contributed by atoms with Crippen LogP contribution in [0.2, 0.25) is 5.02 Å². The molecule has 0 bridgehead atoms. The van der Waals surface area contributed by atoms with Gasteiger partial charge in [0.2, 0.25) is 0 Å². The highest BCUT2D eigenvalue weighted by Gasteiger charge is 2.10. The van der Waals surface area contributed by atoms with E-state index in [0.717, 1.165) is 16.8 Å². The predicted molar refractivity (Wildman–Crippen MR) is 100 cm³/mol. The predicted octanol–water partition coefficient (Wildman–Crippen LogP) is 4.17. The zero-order valence-corrected chi connectivity index (χ0v) is 14.4. The van der Waals surface area contributed by atoms with E-state index in [9.17, 15) is 4.79 Å². The van der Waals surface area contributed by atoms with Gasteiger partial charge in [-0.05, 0) is 24.6 Å². The van der Waals surface area contributed by atoms with Crippen LogP contribution in [0.1, 0.15) is 11.1 Å². The largest absolute Gasteiger partial charge is 0.308 e. The fourth-order valence-corrected chi connectivity index (χ4v) is 3.02. The highest BCUT2D eigenvalue weighted by Crippen LogP contribution is 2.19. The van der Waals surface area contributed by atoms with Crippen LogP contribution in [0, 0.1) is 6.92 Å². The van der Waals surface area contributed by atoms with Crippen molar-refractivity contribution >= 4 is 17.1 Å². The molecule has 0 radical (unpaired) electrons. The Balaban J connectivity index is 1.76. The maximum absolute atomic E-state index is 12.8. The lowest BCUT2D eigenvalue weighted by atomic mass is 10.1. The van der Waals surface area contributed by atoms with Gasteiger partial charge < -0.3 is 4.57 Å². The molecule has 0 atom stereocenters. The molecule has 0 N–H and O–H groups in total. The van der Waals surface area contributed by atoms with Crippen LogP contribution in [0.25, 0.3) is 16.8 Å². The zero-order valence-electron chi connectivity index (χ0n) is 13.7. The first-order valence-corrected chi connectivity index (χ1v) is 8.39. The van der Waals surface area contributed by atoms with Crippen molar-refractivity contribution in [3.05, 3.63) is 93.5 Å². The molecular weight excluding hydrogens is 334 g/mol. The highest BCUT2D eigenvalue weighted by atomic mass is 35.5. The maximum atomic E-state index is 12.8. The molecule has 0 fully saturated rings. The Morgan fingerprint density at radius 3 is 2.56 bits per heavy atom. The number of rotatable bonds is 3. The van der Waals surface area contributed by atoms with E-state index in [-0.39, 0.29) is 5.56 Å². The van der Waals surface area contributed by atoms with Crippen LogP contribution in [-0.4, -0.2) is 14.2 Å². The third kappa shape index (κ3) is 2.96. The minimum absolute atomic E-state index is 0.0896. The molecule has 0 spiro atoms. The maximum Gasteiger partial charge on any atom is 0.276 e. The van der Waals surface area contributed by atoms with E-state index in [1.165, 1.54) is 5.56 Å². The Kier molecular flexibility index (Phi) is 3.90. The first kappa shape index (κ1) is 15.7. The average molecular weight is 350 g/mol. The van der Waals surface area contributed by atoms with Crippen LogP contribution in [0.15, 0.2) is 71.8 Å². The van der Waals surface area contributed by atoms with Crippen molar-refractivity contribution in [1.82, 2.24) is 14.2 Å². The van der Waals surface area contributed by atoms with Crippen molar-refractivity contribution in [2.75, 3.05) is 0 Å². The quantitative estimate of drug-likeness (QED) is 0.556. The summed E-state index contributed by atoms with van der Waals surface area (Å²) >= 11 is 6.21. The molecule has 0 aliphatic rings. The Bertz CT molecular complexity index is 1110. The topological polar surface area (TPSA) is 39.3 Å². The molecule has 0 aliphatic carbocycles. The molecule has 5 heteroatoms. The van der Waals surface area contributed by atoms with Crippen LogP contribution in [0.3, 0.4) is 0 Å². The number of fused-ring (bicyclic) bond motifs is 1. The van der Waals surface area contributed by atoms with E-state index in [0.29, 0.717) is 17.1 Å². The van der Waals surface area contributed by atoms with Gasteiger partial charge in [-0.15, -0.1) is 0 Å². The number of aromatic nitrogens is 3. The lowest BCUT2D eigenvalue weighted by Gasteiger charge is -2.07. The van der Waals surface area contributed by atoms with Crippen LogP contribution < -0.4 is 5.56 Å². The van der Waals surface area contributed by atoms with Crippen LogP contribution in [0.5, 0.6) is 0 Å². The Hall–Kier alpha value is -2.85. The fourth-order valence-electron chi connectivity index (χ4n) is 2.83. The highest BCUT2D eigenvalue weighted by molar-refractivity contribution is 6.31. The summed E-state index contributed by atoms with van der Waals surface area (Å²) in [5.41, 5.74) is 4.33. The van der Waals surface area contributed by atoms with Gasteiger partial charge in [-0.3, -0.25) is 4.79 Å². The third-order valence-electron chi connectivity index (χ3n) is 4.25. The average Bonchev–Trinajstić information content (AvgIpc) is 3.05. The van der Waals surface area contributed by atoms with Gasteiger partial charge in [-0.2, -0.15) is 5.10 Å². The lowest BCUT2D eigenvalue weighted by Crippen LogP contribution is -2.21. The molecule has 4 aromatic rings. The number of halogens is 1. The smallest absolute Gasteiger partial charge is 0.276 e. The Morgan fingerprint density at radius 2 is 1.80 bits per heavy atom. The normalized spacial score (nSPS) is 11.1. The summed E-state index contributed by atoms with van der Waals surface area (Å²) in [6, 6.07) is 17.5. The molecule has 4 nitrogen and oxygen atoms in total. The van der Waals surface area contributed by atoms with E-state index in [2.05, 4.69) is 5.10 Å². The van der Waals surface area contributed by atoms with E-state index >= 15 is 0 Å². The second kappa shape index (κ2) is 6.22. The zero-order chi connectivity index (χ0) is 17.4. The first-order chi connectivity index (χ1) is 12.1. The standard InChI is InChI=1S/C20H16ClN3O/c1-14-6-8-15(9-7-14)18-12-19-20(25)23(10-11-24(19)22-18)13-16-4-2-3-5-17(16)21/h2-12H,13H2,1H3. The molecule has 2 aromatic heterocycles. The Labute approximate surface area is 149 Å². The third-order valence-corrected chi connectivity index (χ3v) is 4.62. The summed E-state index contributed by atoms with van der Waals surface area (Å²) in [6.45, 7) is 2.47. The van der Waals surface area contributed by atoms with Gasteiger partial charge in [0.05, 0.1) is 12.2 Å².